The third-order valence-electron chi connectivity index (χ3n) is 4.90. The molecule has 1 unspecified atom stereocenters. The Hall–Kier alpha value is -3.85. The first-order valence-corrected chi connectivity index (χ1v) is 9.61. The molecular formula is C26H23N3. The van der Waals surface area contributed by atoms with Gasteiger partial charge in [-0.3, -0.25) is 4.99 Å². The van der Waals surface area contributed by atoms with Gasteiger partial charge in [-0.1, -0.05) is 85.5 Å². The van der Waals surface area contributed by atoms with Crippen LogP contribution in [0.2, 0.25) is 0 Å². The van der Waals surface area contributed by atoms with Gasteiger partial charge in [-0.15, -0.1) is 0 Å². The molecule has 2 N–H and O–H groups in total. The van der Waals surface area contributed by atoms with E-state index in [9.17, 15) is 0 Å². The van der Waals surface area contributed by atoms with Gasteiger partial charge >= 0.3 is 0 Å². The summed E-state index contributed by atoms with van der Waals surface area (Å²) in [5, 5.41) is 2.49. The summed E-state index contributed by atoms with van der Waals surface area (Å²) in [6.07, 6.45) is 11.0. The van der Waals surface area contributed by atoms with E-state index in [1.165, 1.54) is 28.1 Å². The molecule has 142 valence electrons. The maximum absolute atomic E-state index is 5.48. The van der Waals surface area contributed by atoms with Crippen LogP contribution in [0, 0.1) is 0 Å². The van der Waals surface area contributed by atoms with Crippen molar-refractivity contribution in [3.63, 3.8) is 0 Å². The number of aromatic nitrogens is 1. The second-order valence-corrected chi connectivity index (χ2v) is 6.73. The van der Waals surface area contributed by atoms with Gasteiger partial charge in [0.2, 0.25) is 0 Å². The Morgan fingerprint density at radius 2 is 1.62 bits per heavy atom. The lowest BCUT2D eigenvalue weighted by Gasteiger charge is -2.08. The molecule has 29 heavy (non-hydrogen) atoms. The van der Waals surface area contributed by atoms with Crippen molar-refractivity contribution < 1.29 is 0 Å². The molecule has 1 atom stereocenters. The Kier molecular flexibility index (Phi) is 5.39. The first-order chi connectivity index (χ1) is 14.3. The molecule has 1 heterocycles. The lowest BCUT2D eigenvalue weighted by molar-refractivity contribution is 1.04. The molecule has 0 aliphatic heterocycles. The summed E-state index contributed by atoms with van der Waals surface area (Å²) in [5.74, 6) is 0. The maximum Gasteiger partial charge on any atom is 0.0884 e. The molecule has 3 heteroatoms. The second-order valence-electron chi connectivity index (χ2n) is 6.73. The van der Waals surface area contributed by atoms with Gasteiger partial charge in [0.1, 0.15) is 0 Å². The summed E-state index contributed by atoms with van der Waals surface area (Å²) in [6.45, 7) is 3.71. The number of allylic oxidation sites excluding steroid dienone is 2. The predicted molar refractivity (Wildman–Crippen MR) is 126 cm³/mol. The third-order valence-corrected chi connectivity index (χ3v) is 4.90. The standard InChI is InChI=1S/C26H23N3/c1-2-3-9-21(28-19-27)16-14-20-15-17-24-23-12-7-8-13-25(23)29(26(24)18-20)22-10-5-4-6-11-22/h2-19,21H,1H2,(H2,27,28)/b9-3-,16-14+. The van der Waals surface area contributed by atoms with E-state index in [4.69, 9.17) is 5.73 Å². The Bertz CT molecular complexity index is 1230. The van der Waals surface area contributed by atoms with E-state index in [0.717, 1.165) is 11.3 Å². The van der Waals surface area contributed by atoms with Crippen molar-refractivity contribution in [3.8, 4) is 5.69 Å². The molecule has 0 aliphatic carbocycles. The van der Waals surface area contributed by atoms with Gasteiger partial charge in [0.25, 0.3) is 0 Å². The minimum absolute atomic E-state index is 0.117. The Balaban J connectivity index is 1.85. The number of fused-ring (bicyclic) bond motifs is 3. The van der Waals surface area contributed by atoms with Gasteiger partial charge in [0, 0.05) is 16.5 Å². The van der Waals surface area contributed by atoms with Gasteiger partial charge in [0.05, 0.1) is 23.4 Å². The zero-order valence-corrected chi connectivity index (χ0v) is 16.1. The van der Waals surface area contributed by atoms with Crippen LogP contribution < -0.4 is 5.73 Å². The molecule has 3 aromatic carbocycles. The van der Waals surface area contributed by atoms with Crippen LogP contribution in [0.4, 0.5) is 0 Å². The molecule has 1 aromatic heterocycles. The molecular weight excluding hydrogens is 354 g/mol. The summed E-state index contributed by atoms with van der Waals surface area (Å²) in [4.78, 5) is 4.27. The van der Waals surface area contributed by atoms with Gasteiger partial charge < -0.3 is 10.3 Å². The SMILES string of the molecule is C=C/C=C\C(/C=C/c1ccc2c3ccccc3n(-c3ccccc3)c2c1)N=CN. The van der Waals surface area contributed by atoms with E-state index in [0.29, 0.717) is 0 Å². The average Bonchev–Trinajstić information content (AvgIpc) is 3.10. The summed E-state index contributed by atoms with van der Waals surface area (Å²) in [6, 6.07) is 25.4. The van der Waals surface area contributed by atoms with Gasteiger partial charge in [-0.05, 0) is 29.8 Å². The Morgan fingerprint density at radius 3 is 2.41 bits per heavy atom. The Labute approximate surface area is 170 Å². The fourth-order valence-corrected chi connectivity index (χ4v) is 3.61. The summed E-state index contributed by atoms with van der Waals surface area (Å²) in [5.41, 5.74) is 10.1. The number of nitrogens with two attached hydrogens (primary N) is 1. The van der Waals surface area contributed by atoms with Crippen LogP contribution in [0.3, 0.4) is 0 Å². The first-order valence-electron chi connectivity index (χ1n) is 9.61. The topological polar surface area (TPSA) is 43.3 Å². The zero-order chi connectivity index (χ0) is 20.1. The van der Waals surface area contributed by atoms with Crippen molar-refractivity contribution in [2.24, 2.45) is 10.7 Å². The van der Waals surface area contributed by atoms with Crippen LogP contribution in [0.25, 0.3) is 33.6 Å². The third kappa shape index (κ3) is 3.76. The molecule has 4 aromatic rings. The molecule has 0 bridgehead atoms. The largest absolute Gasteiger partial charge is 0.390 e. The first kappa shape index (κ1) is 18.5. The molecule has 0 aliphatic rings. The van der Waals surface area contributed by atoms with Gasteiger partial charge in [-0.2, -0.15) is 0 Å². The molecule has 0 saturated carbocycles. The number of hydrogen-bond donors (Lipinski definition) is 1. The molecule has 0 amide bonds. The number of rotatable bonds is 6. The van der Waals surface area contributed by atoms with Crippen molar-refractivity contribution in [2.75, 3.05) is 0 Å². The lowest BCUT2D eigenvalue weighted by atomic mass is 10.1. The smallest absolute Gasteiger partial charge is 0.0884 e. The van der Waals surface area contributed by atoms with Crippen molar-refractivity contribution in [1.29, 1.82) is 0 Å². The molecule has 0 saturated heterocycles. The molecule has 0 radical (unpaired) electrons. The Morgan fingerprint density at radius 1 is 0.862 bits per heavy atom. The number of para-hydroxylation sites is 2. The van der Waals surface area contributed by atoms with E-state index >= 15 is 0 Å². The zero-order valence-electron chi connectivity index (χ0n) is 16.1. The van der Waals surface area contributed by atoms with E-state index in [1.807, 2.05) is 24.3 Å². The van der Waals surface area contributed by atoms with Crippen molar-refractivity contribution in [1.82, 2.24) is 4.57 Å². The van der Waals surface area contributed by atoms with E-state index < -0.39 is 0 Å². The van der Waals surface area contributed by atoms with E-state index in [-0.39, 0.29) is 6.04 Å². The second kappa shape index (κ2) is 8.44. The van der Waals surface area contributed by atoms with E-state index in [2.05, 4.69) is 88.9 Å². The van der Waals surface area contributed by atoms with E-state index in [1.54, 1.807) is 6.08 Å². The van der Waals surface area contributed by atoms with Crippen LogP contribution >= 0.6 is 0 Å². The van der Waals surface area contributed by atoms with Gasteiger partial charge in [0.15, 0.2) is 0 Å². The number of hydrogen-bond acceptors (Lipinski definition) is 1. The summed E-state index contributed by atoms with van der Waals surface area (Å²) >= 11 is 0. The molecule has 3 nitrogen and oxygen atoms in total. The van der Waals surface area contributed by atoms with Crippen LogP contribution in [0.5, 0.6) is 0 Å². The van der Waals surface area contributed by atoms with Crippen LogP contribution in [0.1, 0.15) is 5.56 Å². The highest BCUT2D eigenvalue weighted by molar-refractivity contribution is 6.09. The van der Waals surface area contributed by atoms with Crippen LogP contribution in [-0.4, -0.2) is 16.9 Å². The number of benzene rings is 3. The highest BCUT2D eigenvalue weighted by Crippen LogP contribution is 2.32. The summed E-state index contributed by atoms with van der Waals surface area (Å²) in [7, 11) is 0. The number of nitrogens with zero attached hydrogens (tertiary/aromatic N) is 2. The predicted octanol–water partition coefficient (Wildman–Crippen LogP) is 5.89. The normalized spacial score (nSPS) is 13.2. The van der Waals surface area contributed by atoms with Crippen molar-refractivity contribution >= 4 is 34.2 Å². The van der Waals surface area contributed by atoms with Crippen LogP contribution in [0.15, 0.2) is 109 Å². The average molecular weight is 377 g/mol. The van der Waals surface area contributed by atoms with Crippen molar-refractivity contribution in [3.05, 3.63) is 109 Å². The molecule has 4 rings (SSSR count). The highest BCUT2D eigenvalue weighted by Gasteiger charge is 2.11. The highest BCUT2D eigenvalue weighted by atomic mass is 15.0. The van der Waals surface area contributed by atoms with Gasteiger partial charge in [-0.25, -0.2) is 0 Å². The number of aliphatic imine (C=N–C) groups is 1. The molecule has 0 fully saturated rings. The monoisotopic (exact) mass is 377 g/mol. The van der Waals surface area contributed by atoms with Crippen LogP contribution in [-0.2, 0) is 0 Å². The lowest BCUT2D eigenvalue weighted by Crippen LogP contribution is -1.99. The van der Waals surface area contributed by atoms with Crippen molar-refractivity contribution in [2.45, 2.75) is 6.04 Å². The maximum atomic E-state index is 5.48. The minimum Gasteiger partial charge on any atom is -0.390 e. The minimum atomic E-state index is -0.117. The fourth-order valence-electron chi connectivity index (χ4n) is 3.61. The molecule has 0 spiro atoms. The summed E-state index contributed by atoms with van der Waals surface area (Å²) < 4.78 is 2.31. The fraction of sp³-hybridized carbons (Fsp3) is 0.0385. The quantitative estimate of drug-likeness (QED) is 0.254.